The van der Waals surface area contributed by atoms with Crippen LogP contribution in [-0.2, 0) is 6.54 Å². The SMILES string of the molecule is Nc1cn(CCCF)c(=O)[nH]c1=O. The minimum atomic E-state index is -0.610. The number of nitrogens with one attached hydrogen (secondary N) is 1. The third-order valence-corrected chi connectivity index (χ3v) is 1.57. The third-order valence-electron chi connectivity index (χ3n) is 1.57. The second-order valence-corrected chi connectivity index (χ2v) is 2.58. The molecule has 0 fully saturated rings. The number of alkyl halides is 1. The highest BCUT2D eigenvalue weighted by Gasteiger charge is 1.99. The summed E-state index contributed by atoms with van der Waals surface area (Å²) >= 11 is 0. The maximum absolute atomic E-state index is 11.8. The number of hydrogen-bond donors (Lipinski definition) is 2. The molecule has 1 heterocycles. The van der Waals surface area contributed by atoms with Crippen LogP contribution in [0.25, 0.3) is 0 Å². The maximum Gasteiger partial charge on any atom is 0.328 e. The first-order valence-corrected chi connectivity index (χ1v) is 3.80. The lowest BCUT2D eigenvalue weighted by molar-refractivity contribution is 0.441. The molecule has 0 radical (unpaired) electrons. The number of aromatic amines is 1. The van der Waals surface area contributed by atoms with Crippen molar-refractivity contribution in [2.24, 2.45) is 0 Å². The van der Waals surface area contributed by atoms with Gasteiger partial charge < -0.3 is 5.73 Å². The Bertz CT molecular complexity index is 395. The van der Waals surface area contributed by atoms with Crippen LogP contribution in [-0.4, -0.2) is 16.2 Å². The summed E-state index contributed by atoms with van der Waals surface area (Å²) in [6.07, 6.45) is 1.45. The minimum absolute atomic E-state index is 0.0431. The van der Waals surface area contributed by atoms with Crippen LogP contribution in [0.5, 0.6) is 0 Å². The second-order valence-electron chi connectivity index (χ2n) is 2.58. The van der Waals surface area contributed by atoms with E-state index in [1.165, 1.54) is 10.8 Å². The van der Waals surface area contributed by atoms with Crippen LogP contribution in [0.2, 0.25) is 0 Å². The molecule has 0 saturated heterocycles. The molecule has 0 aliphatic carbocycles. The number of nitrogens with zero attached hydrogens (tertiary/aromatic N) is 1. The number of nitrogens with two attached hydrogens (primary N) is 1. The summed E-state index contributed by atoms with van der Waals surface area (Å²) in [6.45, 7) is -0.290. The molecule has 13 heavy (non-hydrogen) atoms. The summed E-state index contributed by atoms with van der Waals surface area (Å²) < 4.78 is 12.9. The zero-order valence-electron chi connectivity index (χ0n) is 6.92. The maximum atomic E-state index is 11.8. The molecule has 0 bridgehead atoms. The lowest BCUT2D eigenvalue weighted by atomic mass is 10.4. The first-order valence-electron chi connectivity index (χ1n) is 3.80. The minimum Gasteiger partial charge on any atom is -0.393 e. The van der Waals surface area contributed by atoms with Crippen molar-refractivity contribution in [2.75, 3.05) is 12.4 Å². The van der Waals surface area contributed by atoms with Gasteiger partial charge in [0.25, 0.3) is 5.56 Å². The van der Waals surface area contributed by atoms with E-state index in [2.05, 4.69) is 0 Å². The Morgan fingerprint density at radius 2 is 2.23 bits per heavy atom. The number of H-pyrrole nitrogens is 1. The predicted molar refractivity (Wildman–Crippen MR) is 46.3 cm³/mol. The van der Waals surface area contributed by atoms with E-state index in [0.717, 1.165) is 0 Å². The normalized spacial score (nSPS) is 10.2. The topological polar surface area (TPSA) is 80.9 Å². The van der Waals surface area contributed by atoms with Gasteiger partial charge in [0.2, 0.25) is 0 Å². The number of aromatic nitrogens is 2. The molecule has 0 amide bonds. The number of anilines is 1. The molecular weight excluding hydrogens is 177 g/mol. The Kier molecular flexibility index (Phi) is 2.84. The van der Waals surface area contributed by atoms with Crippen LogP contribution < -0.4 is 17.0 Å². The largest absolute Gasteiger partial charge is 0.393 e. The Morgan fingerprint density at radius 1 is 1.54 bits per heavy atom. The molecule has 1 rings (SSSR count). The van der Waals surface area contributed by atoms with E-state index in [0.29, 0.717) is 0 Å². The number of rotatable bonds is 3. The molecule has 0 saturated carbocycles. The number of nitrogen functional groups attached to an aromatic ring is 1. The van der Waals surface area contributed by atoms with E-state index in [1.807, 2.05) is 4.98 Å². The van der Waals surface area contributed by atoms with Crippen molar-refractivity contribution >= 4 is 5.69 Å². The zero-order chi connectivity index (χ0) is 9.84. The van der Waals surface area contributed by atoms with Crippen LogP contribution in [0.3, 0.4) is 0 Å². The van der Waals surface area contributed by atoms with Crippen molar-refractivity contribution in [3.8, 4) is 0 Å². The molecule has 5 nitrogen and oxygen atoms in total. The molecule has 3 N–H and O–H groups in total. The third kappa shape index (κ3) is 2.17. The molecule has 1 aromatic rings. The highest BCUT2D eigenvalue weighted by Crippen LogP contribution is 1.90. The van der Waals surface area contributed by atoms with Crippen molar-refractivity contribution in [2.45, 2.75) is 13.0 Å². The van der Waals surface area contributed by atoms with Gasteiger partial charge in [-0.05, 0) is 6.42 Å². The molecule has 0 aromatic carbocycles. The summed E-state index contributed by atoms with van der Waals surface area (Å²) in [5.74, 6) is 0. The predicted octanol–water partition coefficient (Wildman–Crippen LogP) is -0.522. The monoisotopic (exact) mass is 187 g/mol. The summed E-state index contributed by atoms with van der Waals surface area (Å²) in [6, 6.07) is 0. The zero-order valence-corrected chi connectivity index (χ0v) is 6.92. The van der Waals surface area contributed by atoms with Gasteiger partial charge in [-0.2, -0.15) is 0 Å². The molecule has 0 spiro atoms. The highest BCUT2D eigenvalue weighted by atomic mass is 19.1. The fourth-order valence-corrected chi connectivity index (χ4v) is 0.922. The molecule has 0 atom stereocenters. The van der Waals surface area contributed by atoms with Gasteiger partial charge in [-0.1, -0.05) is 0 Å². The fraction of sp³-hybridized carbons (Fsp3) is 0.429. The van der Waals surface area contributed by atoms with Gasteiger partial charge in [0, 0.05) is 12.7 Å². The van der Waals surface area contributed by atoms with Crippen LogP contribution in [0, 0.1) is 0 Å². The van der Waals surface area contributed by atoms with E-state index in [-0.39, 0.29) is 18.7 Å². The van der Waals surface area contributed by atoms with Crippen molar-refractivity contribution in [1.29, 1.82) is 0 Å². The van der Waals surface area contributed by atoms with Crippen LogP contribution in [0.15, 0.2) is 15.8 Å². The van der Waals surface area contributed by atoms with E-state index >= 15 is 0 Å². The summed E-state index contributed by atoms with van der Waals surface area (Å²) in [5.41, 5.74) is 4.05. The molecule has 0 aliphatic heterocycles. The summed E-state index contributed by atoms with van der Waals surface area (Å²) in [4.78, 5) is 23.8. The van der Waals surface area contributed by atoms with Gasteiger partial charge >= 0.3 is 5.69 Å². The standard InChI is InChI=1S/C7H10FN3O2/c8-2-1-3-11-4-5(9)6(12)10-7(11)13/h4H,1-3,9H2,(H,10,12,13). The first-order chi connectivity index (χ1) is 6.15. The quantitative estimate of drug-likeness (QED) is 0.668. The van der Waals surface area contributed by atoms with Crippen molar-refractivity contribution in [1.82, 2.24) is 9.55 Å². The molecule has 72 valence electrons. The van der Waals surface area contributed by atoms with Gasteiger partial charge in [-0.25, -0.2) is 4.79 Å². The second kappa shape index (κ2) is 3.88. The van der Waals surface area contributed by atoms with Gasteiger partial charge in [0.1, 0.15) is 5.69 Å². The van der Waals surface area contributed by atoms with Gasteiger partial charge in [0.05, 0.1) is 6.67 Å². The Hall–Kier alpha value is -1.59. The lowest BCUT2D eigenvalue weighted by Gasteiger charge is -2.02. The van der Waals surface area contributed by atoms with Gasteiger partial charge in [-0.3, -0.25) is 18.7 Å². The van der Waals surface area contributed by atoms with Crippen LogP contribution in [0.1, 0.15) is 6.42 Å². The molecular formula is C7H10FN3O2. The fourth-order valence-electron chi connectivity index (χ4n) is 0.922. The van der Waals surface area contributed by atoms with E-state index in [9.17, 15) is 14.0 Å². The Balaban J connectivity index is 3.02. The molecule has 1 aromatic heterocycles. The molecule has 0 aliphatic rings. The average Bonchev–Trinajstić information content (AvgIpc) is 2.09. The van der Waals surface area contributed by atoms with Gasteiger partial charge in [-0.15, -0.1) is 0 Å². The average molecular weight is 187 g/mol. The van der Waals surface area contributed by atoms with E-state index < -0.39 is 17.9 Å². The smallest absolute Gasteiger partial charge is 0.328 e. The van der Waals surface area contributed by atoms with Crippen molar-refractivity contribution < 1.29 is 4.39 Å². The van der Waals surface area contributed by atoms with Gasteiger partial charge in [0.15, 0.2) is 0 Å². The molecule has 6 heteroatoms. The van der Waals surface area contributed by atoms with E-state index in [1.54, 1.807) is 0 Å². The highest BCUT2D eigenvalue weighted by molar-refractivity contribution is 5.30. The van der Waals surface area contributed by atoms with Crippen LogP contribution >= 0.6 is 0 Å². The Morgan fingerprint density at radius 3 is 2.85 bits per heavy atom. The first kappa shape index (κ1) is 9.50. The Labute approximate surface area is 73.0 Å². The number of halogens is 1. The van der Waals surface area contributed by atoms with Crippen molar-refractivity contribution in [3.05, 3.63) is 27.0 Å². The van der Waals surface area contributed by atoms with Crippen molar-refractivity contribution in [3.63, 3.8) is 0 Å². The lowest BCUT2D eigenvalue weighted by Crippen LogP contribution is -2.31. The summed E-state index contributed by atoms with van der Waals surface area (Å²) in [5, 5.41) is 0. The summed E-state index contributed by atoms with van der Waals surface area (Å²) in [7, 11) is 0. The number of aryl methyl sites for hydroxylation is 1. The number of hydrogen-bond acceptors (Lipinski definition) is 3. The molecule has 0 unspecified atom stereocenters. The van der Waals surface area contributed by atoms with E-state index in [4.69, 9.17) is 5.73 Å². The van der Waals surface area contributed by atoms with Crippen LogP contribution in [0.4, 0.5) is 10.1 Å².